The third kappa shape index (κ3) is 3.08. The predicted molar refractivity (Wildman–Crippen MR) is 93.3 cm³/mol. The van der Waals surface area contributed by atoms with Gasteiger partial charge in [0.15, 0.2) is 0 Å². The van der Waals surface area contributed by atoms with Gasteiger partial charge in [-0.1, -0.05) is 20.8 Å². The van der Waals surface area contributed by atoms with Crippen LogP contribution in [0.5, 0.6) is 5.75 Å². The van der Waals surface area contributed by atoms with E-state index in [2.05, 4.69) is 0 Å². The third-order valence-electron chi connectivity index (χ3n) is 5.83. The van der Waals surface area contributed by atoms with E-state index in [-0.39, 0.29) is 5.91 Å². The Labute approximate surface area is 152 Å². The second-order valence-electron chi connectivity index (χ2n) is 8.49. The monoisotopic (exact) mass is 369 g/mol. The fourth-order valence-corrected chi connectivity index (χ4v) is 4.51. The van der Waals surface area contributed by atoms with Crippen LogP contribution in [0.25, 0.3) is 0 Å². The van der Waals surface area contributed by atoms with Crippen molar-refractivity contribution < 1.29 is 22.7 Å². The van der Waals surface area contributed by atoms with Gasteiger partial charge in [0.25, 0.3) is 0 Å². The summed E-state index contributed by atoms with van der Waals surface area (Å²) in [6, 6.07) is 2.58. The lowest BCUT2D eigenvalue weighted by Gasteiger charge is -2.42. The number of hydrogen-bond donors (Lipinski definition) is 0. The SMILES string of the molecule is COc1ccc(C(F)(F)F)c2c1CCC21CCN(C(=O)C(C)(C)C)CC1. The molecule has 3 nitrogen and oxygen atoms in total. The number of alkyl halides is 3. The van der Waals surface area contributed by atoms with Gasteiger partial charge >= 0.3 is 6.18 Å². The first-order valence-electron chi connectivity index (χ1n) is 9.06. The van der Waals surface area contributed by atoms with Crippen LogP contribution in [0.2, 0.25) is 0 Å². The van der Waals surface area contributed by atoms with Gasteiger partial charge < -0.3 is 9.64 Å². The molecule has 26 heavy (non-hydrogen) atoms. The normalized spacial score (nSPS) is 19.6. The van der Waals surface area contributed by atoms with E-state index in [4.69, 9.17) is 4.74 Å². The van der Waals surface area contributed by atoms with Crippen molar-refractivity contribution in [2.75, 3.05) is 20.2 Å². The number of benzene rings is 1. The van der Waals surface area contributed by atoms with Crippen molar-refractivity contribution >= 4 is 5.91 Å². The summed E-state index contributed by atoms with van der Waals surface area (Å²) >= 11 is 0. The van der Waals surface area contributed by atoms with Crippen molar-refractivity contribution in [3.8, 4) is 5.75 Å². The summed E-state index contributed by atoms with van der Waals surface area (Å²) in [6.45, 7) is 6.62. The van der Waals surface area contributed by atoms with Crippen LogP contribution < -0.4 is 4.74 Å². The van der Waals surface area contributed by atoms with Crippen molar-refractivity contribution in [3.05, 3.63) is 28.8 Å². The Bertz CT molecular complexity index is 711. The van der Waals surface area contributed by atoms with Crippen LogP contribution in [-0.4, -0.2) is 31.0 Å². The largest absolute Gasteiger partial charge is 0.496 e. The molecule has 1 fully saturated rings. The van der Waals surface area contributed by atoms with E-state index in [0.717, 1.165) is 6.07 Å². The molecule has 0 aromatic heterocycles. The highest BCUT2D eigenvalue weighted by Crippen LogP contribution is 2.53. The zero-order chi connectivity index (χ0) is 19.3. The average molecular weight is 369 g/mol. The van der Waals surface area contributed by atoms with E-state index in [1.54, 1.807) is 4.90 Å². The Morgan fingerprint density at radius 3 is 2.23 bits per heavy atom. The highest BCUT2D eigenvalue weighted by molar-refractivity contribution is 5.81. The molecule has 2 aliphatic rings. The molecule has 1 aromatic carbocycles. The van der Waals surface area contributed by atoms with Gasteiger partial charge in [0.05, 0.1) is 12.7 Å². The van der Waals surface area contributed by atoms with Crippen LogP contribution in [0.1, 0.15) is 56.7 Å². The Morgan fingerprint density at radius 2 is 1.73 bits per heavy atom. The number of halogens is 3. The van der Waals surface area contributed by atoms with Crippen molar-refractivity contribution in [1.29, 1.82) is 0 Å². The van der Waals surface area contributed by atoms with Gasteiger partial charge in [-0.25, -0.2) is 0 Å². The van der Waals surface area contributed by atoms with E-state index in [1.807, 2.05) is 20.8 Å². The molecule has 144 valence electrons. The number of hydrogen-bond acceptors (Lipinski definition) is 2. The molecule has 0 saturated carbocycles. The standard InChI is InChI=1S/C20H26F3NO2/c1-18(2,3)17(25)24-11-9-19(10-12-24)8-7-13-15(26-4)6-5-14(16(13)19)20(21,22)23/h5-6H,7-12H2,1-4H3. The smallest absolute Gasteiger partial charge is 0.416 e. The topological polar surface area (TPSA) is 29.5 Å². The molecular formula is C20H26F3NO2. The van der Waals surface area contributed by atoms with Gasteiger partial charge in [0.1, 0.15) is 5.75 Å². The van der Waals surface area contributed by atoms with Crippen molar-refractivity contribution in [3.63, 3.8) is 0 Å². The average Bonchev–Trinajstić information content (AvgIpc) is 2.92. The Balaban J connectivity index is 1.96. The van der Waals surface area contributed by atoms with Crippen LogP contribution in [-0.2, 0) is 22.8 Å². The summed E-state index contributed by atoms with van der Waals surface area (Å²) in [5.74, 6) is 0.602. The van der Waals surface area contributed by atoms with Gasteiger partial charge in [0.2, 0.25) is 5.91 Å². The first-order chi connectivity index (χ1) is 12.0. The van der Waals surface area contributed by atoms with E-state index < -0.39 is 22.6 Å². The predicted octanol–water partition coefficient (Wildman–Crippen LogP) is 4.57. The van der Waals surface area contributed by atoms with Gasteiger partial charge in [0, 0.05) is 18.5 Å². The summed E-state index contributed by atoms with van der Waals surface area (Å²) < 4.78 is 46.3. The van der Waals surface area contributed by atoms with Crippen LogP contribution in [0.4, 0.5) is 13.2 Å². The zero-order valence-electron chi connectivity index (χ0n) is 15.8. The number of amides is 1. The molecule has 0 N–H and O–H groups in total. The fraction of sp³-hybridized carbons (Fsp3) is 0.650. The number of rotatable bonds is 1. The minimum Gasteiger partial charge on any atom is -0.496 e. The summed E-state index contributed by atoms with van der Waals surface area (Å²) in [5, 5.41) is 0. The number of methoxy groups -OCH3 is 1. The van der Waals surface area contributed by atoms with Gasteiger partial charge in [-0.3, -0.25) is 4.79 Å². The molecule has 0 atom stereocenters. The molecule has 1 amide bonds. The second-order valence-corrected chi connectivity index (χ2v) is 8.49. The second kappa shape index (κ2) is 6.17. The number of nitrogens with zero attached hydrogens (tertiary/aromatic N) is 1. The highest BCUT2D eigenvalue weighted by Gasteiger charge is 2.49. The number of carbonyl (C=O) groups excluding carboxylic acids is 1. The van der Waals surface area contributed by atoms with Gasteiger partial charge in [-0.15, -0.1) is 0 Å². The summed E-state index contributed by atoms with van der Waals surface area (Å²) in [6.07, 6.45) is -1.97. The van der Waals surface area contributed by atoms with Gasteiger partial charge in [-0.2, -0.15) is 13.2 Å². The number of fused-ring (bicyclic) bond motifs is 2. The fourth-order valence-electron chi connectivity index (χ4n) is 4.51. The Morgan fingerprint density at radius 1 is 1.12 bits per heavy atom. The maximum absolute atomic E-state index is 13.7. The molecule has 1 aliphatic carbocycles. The minimum absolute atomic E-state index is 0.0623. The molecule has 1 aromatic rings. The summed E-state index contributed by atoms with van der Waals surface area (Å²) in [7, 11) is 1.50. The first-order valence-corrected chi connectivity index (χ1v) is 9.06. The highest BCUT2D eigenvalue weighted by atomic mass is 19.4. The molecule has 1 aliphatic heterocycles. The summed E-state index contributed by atoms with van der Waals surface area (Å²) in [5.41, 5.74) is -0.423. The van der Waals surface area contributed by atoms with Crippen LogP contribution >= 0.6 is 0 Å². The quantitative estimate of drug-likeness (QED) is 0.726. The van der Waals surface area contributed by atoms with Crippen LogP contribution in [0.15, 0.2) is 12.1 Å². The lowest BCUT2D eigenvalue weighted by Crippen LogP contribution is -2.48. The van der Waals surface area contributed by atoms with Crippen LogP contribution in [0, 0.1) is 5.41 Å². The molecular weight excluding hydrogens is 343 g/mol. The number of likely N-dealkylation sites (tertiary alicyclic amines) is 1. The lowest BCUT2D eigenvalue weighted by molar-refractivity contribution is -0.142. The molecule has 1 saturated heterocycles. The molecule has 6 heteroatoms. The van der Waals surface area contributed by atoms with Crippen LogP contribution in [0.3, 0.4) is 0 Å². The van der Waals surface area contributed by atoms with Gasteiger partial charge in [-0.05, 0) is 54.4 Å². The van der Waals surface area contributed by atoms with E-state index >= 15 is 0 Å². The molecule has 0 radical (unpaired) electrons. The Hall–Kier alpha value is -1.72. The Kier molecular flexibility index (Phi) is 4.52. The minimum atomic E-state index is -4.38. The molecule has 0 bridgehead atoms. The number of piperidine rings is 1. The zero-order valence-corrected chi connectivity index (χ0v) is 15.8. The van der Waals surface area contributed by atoms with Crippen molar-refractivity contribution in [2.24, 2.45) is 5.41 Å². The molecule has 1 spiro atoms. The number of carbonyl (C=O) groups is 1. The van der Waals surface area contributed by atoms with E-state index in [9.17, 15) is 18.0 Å². The van der Waals surface area contributed by atoms with Crippen molar-refractivity contribution in [1.82, 2.24) is 4.90 Å². The summed E-state index contributed by atoms with van der Waals surface area (Å²) in [4.78, 5) is 14.3. The molecule has 1 heterocycles. The maximum Gasteiger partial charge on any atom is 0.416 e. The molecule has 0 unspecified atom stereocenters. The lowest BCUT2D eigenvalue weighted by atomic mass is 9.71. The van der Waals surface area contributed by atoms with Crippen molar-refractivity contribution in [2.45, 2.75) is 58.0 Å². The van der Waals surface area contributed by atoms with E-state index in [1.165, 1.54) is 13.2 Å². The maximum atomic E-state index is 13.7. The first kappa shape index (κ1) is 19.1. The molecule has 3 rings (SSSR count). The van der Waals surface area contributed by atoms with E-state index in [0.29, 0.717) is 55.6 Å². The third-order valence-corrected chi connectivity index (χ3v) is 5.83. The number of ether oxygens (including phenoxy) is 1.